The van der Waals surface area contributed by atoms with Crippen LogP contribution in [0.25, 0.3) is 17.0 Å². The van der Waals surface area contributed by atoms with Crippen LogP contribution >= 0.6 is 11.8 Å². The van der Waals surface area contributed by atoms with E-state index in [4.69, 9.17) is 4.52 Å². The van der Waals surface area contributed by atoms with Crippen molar-refractivity contribution in [1.82, 2.24) is 20.4 Å². The van der Waals surface area contributed by atoms with Gasteiger partial charge in [-0.2, -0.15) is 4.98 Å². The van der Waals surface area contributed by atoms with E-state index in [1.165, 1.54) is 12.1 Å². The Morgan fingerprint density at radius 2 is 1.85 bits per heavy atom. The zero-order valence-electron chi connectivity index (χ0n) is 19.0. The Morgan fingerprint density at radius 3 is 2.52 bits per heavy atom. The number of unbranched alkanes of at least 4 members (excludes halogenated alkanes) is 2. The average molecular weight is 467 g/mol. The number of allylic oxidation sites excluding steroid dienone is 1. The van der Waals surface area contributed by atoms with E-state index in [-0.39, 0.29) is 11.8 Å². The molecule has 1 aliphatic rings. The third kappa shape index (κ3) is 4.95. The zero-order chi connectivity index (χ0) is 23.4. The van der Waals surface area contributed by atoms with Crippen molar-refractivity contribution in [2.45, 2.75) is 44.0 Å². The van der Waals surface area contributed by atoms with Crippen molar-refractivity contribution >= 4 is 23.4 Å². The number of carbonyl (C=O) groups excluding carboxylic acids is 1. The van der Waals surface area contributed by atoms with Gasteiger partial charge in [0.2, 0.25) is 5.82 Å². The molecule has 2 aromatic carbocycles. The summed E-state index contributed by atoms with van der Waals surface area (Å²) in [5, 5.41) is 7.24. The third-order valence-electron chi connectivity index (χ3n) is 5.79. The van der Waals surface area contributed by atoms with E-state index in [1.54, 1.807) is 28.8 Å². The molecule has 0 saturated heterocycles. The highest BCUT2D eigenvalue weighted by Crippen LogP contribution is 2.37. The molecule has 4 rings (SSSR count). The first-order valence-corrected chi connectivity index (χ1v) is 12.3. The summed E-state index contributed by atoms with van der Waals surface area (Å²) in [6, 6.07) is 13.3. The van der Waals surface area contributed by atoms with E-state index < -0.39 is 6.04 Å². The normalized spacial score (nSPS) is 16.3. The Kier molecular flexibility index (Phi) is 7.13. The minimum Gasteiger partial charge on any atom is -0.334 e. The molecule has 1 atom stereocenters. The van der Waals surface area contributed by atoms with E-state index in [0.29, 0.717) is 18.3 Å². The van der Waals surface area contributed by atoms with Crippen LogP contribution < -0.4 is 5.32 Å². The number of halogens is 1. The molecule has 1 aliphatic heterocycles. The minimum absolute atomic E-state index is 0.186. The molecule has 2 amide bonds. The van der Waals surface area contributed by atoms with Crippen LogP contribution in [0.1, 0.15) is 50.6 Å². The Morgan fingerprint density at radius 1 is 1.12 bits per heavy atom. The summed E-state index contributed by atoms with van der Waals surface area (Å²) in [6.45, 7) is 4.62. The Balaban J connectivity index is 1.74. The predicted molar refractivity (Wildman–Crippen MR) is 128 cm³/mol. The molecule has 0 spiro atoms. The largest absolute Gasteiger partial charge is 0.334 e. The third-order valence-corrected chi connectivity index (χ3v) is 6.53. The number of urea groups is 1. The van der Waals surface area contributed by atoms with Crippen molar-refractivity contribution in [2.24, 2.45) is 0 Å². The number of benzene rings is 2. The molecular formula is C25H27FN4O2S. The van der Waals surface area contributed by atoms with Gasteiger partial charge in [-0.3, -0.25) is 4.90 Å². The Hall–Kier alpha value is -3.13. The molecule has 3 aromatic rings. The van der Waals surface area contributed by atoms with Crippen molar-refractivity contribution in [3.05, 3.63) is 71.5 Å². The van der Waals surface area contributed by atoms with Crippen LogP contribution in [0.3, 0.4) is 0 Å². The highest BCUT2D eigenvalue weighted by Gasteiger charge is 2.35. The van der Waals surface area contributed by atoms with Gasteiger partial charge in [-0.15, -0.1) is 11.8 Å². The van der Waals surface area contributed by atoms with Crippen molar-refractivity contribution in [3.63, 3.8) is 0 Å². The Labute approximate surface area is 197 Å². The summed E-state index contributed by atoms with van der Waals surface area (Å²) in [5.74, 6) is 0.481. The molecule has 1 unspecified atom stereocenters. The fourth-order valence-corrected chi connectivity index (χ4v) is 4.35. The zero-order valence-corrected chi connectivity index (χ0v) is 19.8. The van der Waals surface area contributed by atoms with Gasteiger partial charge in [0.05, 0.1) is 11.6 Å². The van der Waals surface area contributed by atoms with Gasteiger partial charge in [-0.1, -0.05) is 37.1 Å². The number of carbonyl (C=O) groups is 1. The maximum atomic E-state index is 13.6. The fraction of sp³-hybridized carbons (Fsp3) is 0.320. The van der Waals surface area contributed by atoms with Crippen molar-refractivity contribution in [3.8, 4) is 11.4 Å². The first kappa shape index (κ1) is 23.0. The highest BCUT2D eigenvalue weighted by atomic mass is 32.2. The maximum absolute atomic E-state index is 13.6. The lowest BCUT2D eigenvalue weighted by atomic mass is 9.94. The molecule has 6 nitrogen and oxygen atoms in total. The SMILES string of the molecule is CCCCCN1C(=O)NC(c2ccc(F)cc2)C(c2nc(-c3ccc(SC)cc3)no2)=C1C. The van der Waals surface area contributed by atoms with Gasteiger partial charge in [-0.25, -0.2) is 9.18 Å². The van der Waals surface area contributed by atoms with E-state index in [9.17, 15) is 9.18 Å². The summed E-state index contributed by atoms with van der Waals surface area (Å²) >= 11 is 1.66. The van der Waals surface area contributed by atoms with Gasteiger partial charge in [0.1, 0.15) is 5.82 Å². The molecule has 1 N–H and O–H groups in total. The number of nitrogens with zero attached hydrogens (tertiary/aromatic N) is 3. The van der Waals surface area contributed by atoms with Crippen LogP contribution in [0.2, 0.25) is 0 Å². The highest BCUT2D eigenvalue weighted by molar-refractivity contribution is 7.98. The summed E-state index contributed by atoms with van der Waals surface area (Å²) in [5.41, 5.74) is 3.07. The average Bonchev–Trinajstić information content (AvgIpc) is 3.31. The van der Waals surface area contributed by atoms with Crippen LogP contribution in [0, 0.1) is 5.82 Å². The van der Waals surface area contributed by atoms with Crippen molar-refractivity contribution in [1.29, 1.82) is 0 Å². The fourth-order valence-electron chi connectivity index (χ4n) is 3.94. The van der Waals surface area contributed by atoms with Gasteiger partial charge >= 0.3 is 6.03 Å². The standard InChI is InChI=1S/C25H27FN4O2S/c1-4-5-6-15-30-16(2)21(22(27-25(30)31)17-7-11-19(26)12-8-17)24-28-23(29-32-24)18-9-13-20(33-3)14-10-18/h7-14,22H,4-6,15H2,1-3H3,(H,27,31). The molecule has 0 fully saturated rings. The molecule has 1 aromatic heterocycles. The van der Waals surface area contributed by atoms with Crippen LogP contribution in [0.4, 0.5) is 9.18 Å². The summed E-state index contributed by atoms with van der Waals surface area (Å²) in [6.07, 6.45) is 5.01. The molecule has 172 valence electrons. The second-order valence-electron chi connectivity index (χ2n) is 7.94. The van der Waals surface area contributed by atoms with E-state index >= 15 is 0 Å². The minimum atomic E-state index is -0.521. The van der Waals surface area contributed by atoms with Gasteiger partial charge in [0.15, 0.2) is 0 Å². The monoisotopic (exact) mass is 466 g/mol. The molecule has 0 aliphatic carbocycles. The van der Waals surface area contributed by atoms with Crippen LogP contribution in [0.5, 0.6) is 0 Å². The second kappa shape index (κ2) is 10.2. The van der Waals surface area contributed by atoms with Crippen molar-refractivity contribution in [2.75, 3.05) is 12.8 Å². The second-order valence-corrected chi connectivity index (χ2v) is 8.82. The van der Waals surface area contributed by atoms with Gasteiger partial charge in [0, 0.05) is 22.7 Å². The lowest BCUT2D eigenvalue weighted by Gasteiger charge is -2.35. The number of thioether (sulfide) groups is 1. The number of nitrogens with one attached hydrogen (secondary N) is 1. The van der Waals surface area contributed by atoms with Crippen molar-refractivity contribution < 1.29 is 13.7 Å². The predicted octanol–water partition coefficient (Wildman–Crippen LogP) is 6.29. The molecule has 0 bridgehead atoms. The summed E-state index contributed by atoms with van der Waals surface area (Å²) in [4.78, 5) is 20.5. The molecule has 2 heterocycles. The van der Waals surface area contributed by atoms with Crippen LogP contribution in [0.15, 0.2) is 63.6 Å². The lowest BCUT2D eigenvalue weighted by Crippen LogP contribution is -2.46. The van der Waals surface area contributed by atoms with E-state index in [2.05, 4.69) is 22.4 Å². The summed E-state index contributed by atoms with van der Waals surface area (Å²) in [7, 11) is 0. The first-order chi connectivity index (χ1) is 16.0. The molecule has 8 heteroatoms. The van der Waals surface area contributed by atoms with Gasteiger partial charge < -0.3 is 9.84 Å². The van der Waals surface area contributed by atoms with Crippen LogP contribution in [-0.2, 0) is 0 Å². The molecule has 33 heavy (non-hydrogen) atoms. The Bertz CT molecular complexity index is 1140. The lowest BCUT2D eigenvalue weighted by molar-refractivity contribution is 0.204. The molecular weight excluding hydrogens is 439 g/mol. The molecule has 0 saturated carbocycles. The van der Waals surface area contributed by atoms with Gasteiger partial charge in [-0.05, 0) is 61.6 Å². The quantitative estimate of drug-likeness (QED) is 0.312. The first-order valence-electron chi connectivity index (χ1n) is 11.0. The van der Waals surface area contributed by atoms with E-state index in [1.807, 2.05) is 37.4 Å². The molecule has 0 radical (unpaired) electrons. The number of amides is 2. The van der Waals surface area contributed by atoms with E-state index in [0.717, 1.165) is 46.6 Å². The topological polar surface area (TPSA) is 71.3 Å². The number of aromatic nitrogens is 2. The number of hydrogen-bond donors (Lipinski definition) is 1. The smallest absolute Gasteiger partial charge is 0.322 e. The van der Waals surface area contributed by atoms with Gasteiger partial charge in [0.25, 0.3) is 5.89 Å². The maximum Gasteiger partial charge on any atom is 0.322 e. The number of hydrogen-bond acceptors (Lipinski definition) is 5. The summed E-state index contributed by atoms with van der Waals surface area (Å²) < 4.78 is 19.3. The van der Waals surface area contributed by atoms with Crippen LogP contribution in [-0.4, -0.2) is 33.9 Å². The number of rotatable bonds is 8.